The fraction of sp³-hybridized carbons (Fsp3) is 0.200. The molecule has 0 heterocycles. The Labute approximate surface area is 110 Å². The third kappa shape index (κ3) is 1.51. The van der Waals surface area contributed by atoms with Crippen molar-refractivity contribution in [3.63, 3.8) is 0 Å². The number of hydrogen-bond donors (Lipinski definition) is 1. The molecule has 2 aromatic rings. The molecule has 0 radical (unpaired) electrons. The monoisotopic (exact) mass is 256 g/mol. The van der Waals surface area contributed by atoms with Gasteiger partial charge in [0.25, 0.3) is 0 Å². The van der Waals surface area contributed by atoms with Crippen LogP contribution >= 0.6 is 0 Å². The third-order valence-electron chi connectivity index (χ3n) is 3.82. The normalized spacial score (nSPS) is 18.4. The molecule has 0 bridgehead atoms. The maximum Gasteiger partial charge on any atom is 0.146 e. The van der Waals surface area contributed by atoms with Crippen LogP contribution in [0.3, 0.4) is 0 Å². The zero-order valence-electron chi connectivity index (χ0n) is 10.6. The predicted octanol–water partition coefficient (Wildman–Crippen LogP) is 2.19. The van der Waals surface area contributed by atoms with Crippen LogP contribution in [0.25, 0.3) is 11.1 Å². The molecule has 0 saturated heterocycles. The highest BCUT2D eigenvalue weighted by molar-refractivity contribution is 5.98. The molecule has 0 spiro atoms. The van der Waals surface area contributed by atoms with Gasteiger partial charge in [-0.2, -0.15) is 0 Å². The summed E-state index contributed by atoms with van der Waals surface area (Å²) in [6, 6.07) is 14.0. The van der Waals surface area contributed by atoms with Crippen molar-refractivity contribution >= 4 is 10.5 Å². The van der Waals surface area contributed by atoms with Crippen LogP contribution in [0.15, 0.2) is 42.5 Å². The van der Waals surface area contributed by atoms with Crippen molar-refractivity contribution in [2.45, 2.75) is 18.9 Å². The zero-order valence-corrected chi connectivity index (χ0v) is 12.6. The van der Waals surface area contributed by atoms with E-state index in [4.69, 9.17) is 4.43 Å². The molecule has 2 atom stereocenters. The average molecular weight is 256 g/mol. The van der Waals surface area contributed by atoms with Crippen LogP contribution in [0.2, 0.25) is 0 Å². The van der Waals surface area contributed by atoms with Crippen LogP contribution < -0.4 is 0 Å². The largest absolute Gasteiger partial charge is 0.507 e. The Morgan fingerprint density at radius 3 is 2.61 bits per heavy atom. The van der Waals surface area contributed by atoms with Crippen molar-refractivity contribution in [2.75, 3.05) is 0 Å². The van der Waals surface area contributed by atoms with Crippen molar-refractivity contribution in [3.8, 4) is 16.9 Å². The maximum absolute atomic E-state index is 10.1. The van der Waals surface area contributed by atoms with Gasteiger partial charge in [0.2, 0.25) is 0 Å². The van der Waals surface area contributed by atoms with Crippen molar-refractivity contribution in [3.05, 3.63) is 53.6 Å². The summed E-state index contributed by atoms with van der Waals surface area (Å²) in [6.07, 6.45) is 0.154. The minimum Gasteiger partial charge on any atom is -0.507 e. The van der Waals surface area contributed by atoms with E-state index in [1.807, 2.05) is 12.1 Å². The molecule has 1 N–H and O–H groups in total. The summed E-state index contributed by atoms with van der Waals surface area (Å²) in [4.78, 5) is 0. The summed E-state index contributed by atoms with van der Waals surface area (Å²) >= 11 is 0. The molecular weight excluding hydrogens is 240 g/mol. The summed E-state index contributed by atoms with van der Waals surface area (Å²) in [5.74, 6) is 0.601. The SMILES string of the molecule is CC(O[SiH3])C1c2ccccc2-c2c(O)cccc21. The molecule has 3 heteroatoms. The van der Waals surface area contributed by atoms with Crippen LogP contribution in [0, 0.1) is 0 Å². The van der Waals surface area contributed by atoms with Gasteiger partial charge in [-0.3, -0.25) is 0 Å². The molecule has 0 saturated carbocycles. The smallest absolute Gasteiger partial charge is 0.146 e. The van der Waals surface area contributed by atoms with E-state index in [0.29, 0.717) is 5.75 Å². The van der Waals surface area contributed by atoms with E-state index in [1.165, 1.54) is 11.1 Å². The summed E-state index contributed by atoms with van der Waals surface area (Å²) < 4.78 is 5.64. The number of benzene rings is 2. The van der Waals surface area contributed by atoms with E-state index >= 15 is 0 Å². The maximum atomic E-state index is 10.1. The highest BCUT2D eigenvalue weighted by Gasteiger charge is 2.33. The van der Waals surface area contributed by atoms with Gasteiger partial charge in [0.15, 0.2) is 0 Å². The lowest BCUT2D eigenvalue weighted by Gasteiger charge is -2.20. The zero-order chi connectivity index (χ0) is 12.7. The fourth-order valence-electron chi connectivity index (χ4n) is 2.92. The van der Waals surface area contributed by atoms with Gasteiger partial charge in [-0.1, -0.05) is 36.4 Å². The van der Waals surface area contributed by atoms with Crippen LogP contribution in [-0.4, -0.2) is 21.7 Å². The van der Waals surface area contributed by atoms with Gasteiger partial charge in [0.05, 0.1) is 6.10 Å². The number of aromatic hydroxyl groups is 1. The van der Waals surface area contributed by atoms with Crippen LogP contribution in [0.5, 0.6) is 5.75 Å². The van der Waals surface area contributed by atoms with Crippen molar-refractivity contribution in [1.29, 1.82) is 0 Å². The van der Waals surface area contributed by atoms with Crippen molar-refractivity contribution < 1.29 is 9.53 Å². The van der Waals surface area contributed by atoms with Crippen LogP contribution in [0.4, 0.5) is 0 Å². The lowest BCUT2D eigenvalue weighted by Crippen LogP contribution is -2.17. The molecule has 0 aliphatic heterocycles. The number of hydrogen-bond acceptors (Lipinski definition) is 2. The Morgan fingerprint density at radius 2 is 1.83 bits per heavy atom. The summed E-state index contributed by atoms with van der Waals surface area (Å²) in [7, 11) is 0.727. The fourth-order valence-corrected chi connectivity index (χ4v) is 3.19. The van der Waals surface area contributed by atoms with E-state index < -0.39 is 0 Å². The van der Waals surface area contributed by atoms with Gasteiger partial charge in [0.1, 0.15) is 16.2 Å². The van der Waals surface area contributed by atoms with Crippen LogP contribution in [0.1, 0.15) is 24.0 Å². The summed E-state index contributed by atoms with van der Waals surface area (Å²) in [5, 5.41) is 10.1. The molecule has 0 amide bonds. The highest BCUT2D eigenvalue weighted by atomic mass is 28.2. The van der Waals surface area contributed by atoms with E-state index in [9.17, 15) is 5.11 Å². The van der Waals surface area contributed by atoms with E-state index in [1.54, 1.807) is 6.07 Å². The lowest BCUT2D eigenvalue weighted by atomic mass is 9.92. The first kappa shape index (κ1) is 11.5. The number of fused-ring (bicyclic) bond motifs is 3. The Hall–Kier alpha value is -1.58. The van der Waals surface area contributed by atoms with E-state index in [-0.39, 0.29) is 12.0 Å². The molecule has 0 fully saturated rings. The van der Waals surface area contributed by atoms with Crippen molar-refractivity contribution in [1.82, 2.24) is 0 Å². The molecule has 0 aromatic heterocycles. The quantitative estimate of drug-likeness (QED) is 0.835. The second kappa shape index (κ2) is 4.26. The molecule has 92 valence electrons. The van der Waals surface area contributed by atoms with E-state index in [2.05, 4.69) is 31.2 Å². The minimum absolute atomic E-state index is 0.154. The van der Waals surface area contributed by atoms with Gasteiger partial charge in [-0.15, -0.1) is 0 Å². The van der Waals surface area contributed by atoms with Gasteiger partial charge >= 0.3 is 0 Å². The van der Waals surface area contributed by atoms with Crippen LogP contribution in [-0.2, 0) is 4.43 Å². The van der Waals surface area contributed by atoms with E-state index in [0.717, 1.165) is 21.6 Å². The van der Waals surface area contributed by atoms with Crippen molar-refractivity contribution in [2.24, 2.45) is 0 Å². The topological polar surface area (TPSA) is 29.5 Å². The number of rotatable bonds is 2. The first-order chi connectivity index (χ1) is 8.74. The molecule has 1 aliphatic carbocycles. The van der Waals surface area contributed by atoms with Gasteiger partial charge in [0, 0.05) is 11.5 Å². The second-order valence-electron chi connectivity index (χ2n) is 4.75. The Kier molecular flexibility index (Phi) is 2.72. The number of phenolic OH excluding ortho intramolecular Hbond substituents is 1. The Balaban J connectivity index is 2.28. The third-order valence-corrected chi connectivity index (χ3v) is 4.56. The lowest BCUT2D eigenvalue weighted by molar-refractivity contribution is 0.225. The predicted molar refractivity (Wildman–Crippen MR) is 75.9 cm³/mol. The molecule has 18 heavy (non-hydrogen) atoms. The van der Waals surface area contributed by atoms with Gasteiger partial charge in [-0.05, 0) is 29.7 Å². The summed E-state index contributed by atoms with van der Waals surface area (Å²) in [5.41, 5.74) is 4.56. The Bertz CT molecular complexity index is 595. The number of phenols is 1. The summed E-state index contributed by atoms with van der Waals surface area (Å²) in [6.45, 7) is 2.10. The molecule has 2 nitrogen and oxygen atoms in total. The Morgan fingerprint density at radius 1 is 1.11 bits per heavy atom. The second-order valence-corrected chi connectivity index (χ2v) is 5.22. The van der Waals surface area contributed by atoms with Gasteiger partial charge < -0.3 is 9.53 Å². The molecule has 3 rings (SSSR count). The highest BCUT2D eigenvalue weighted by Crippen LogP contribution is 2.50. The minimum atomic E-state index is 0.154. The molecule has 2 unspecified atom stereocenters. The molecule has 1 aliphatic rings. The molecular formula is C15H16O2Si. The first-order valence-electron chi connectivity index (χ1n) is 6.18. The average Bonchev–Trinajstić information content (AvgIpc) is 2.73. The first-order valence-corrected chi connectivity index (χ1v) is 6.99. The molecule has 2 aromatic carbocycles. The van der Waals surface area contributed by atoms with Gasteiger partial charge in [-0.25, -0.2) is 0 Å². The standard InChI is InChI=1S/C15H16O2Si/c1-9(17-18)14-10-5-2-3-6-11(10)15-12(14)7-4-8-13(15)16/h2-9,14,16H,1,18H3.